The van der Waals surface area contributed by atoms with Crippen molar-refractivity contribution in [3.8, 4) is 0 Å². The first kappa shape index (κ1) is 27.1. The summed E-state index contributed by atoms with van der Waals surface area (Å²) in [6.45, 7) is 14.7. The van der Waals surface area contributed by atoms with E-state index in [9.17, 15) is 0 Å². The molecule has 0 saturated carbocycles. The molecule has 0 aromatic heterocycles. The molecular weight excluding hydrogens is 348 g/mol. The molecule has 0 saturated heterocycles. The van der Waals surface area contributed by atoms with Gasteiger partial charge in [-0.15, -0.1) is 0 Å². The van der Waals surface area contributed by atoms with E-state index in [1.54, 1.807) is 0 Å². The molecule has 0 radical (unpaired) electrons. The Labute approximate surface area is 173 Å². The van der Waals surface area contributed by atoms with Crippen LogP contribution in [0.2, 0.25) is 12.1 Å². The molecule has 0 heterocycles. The molecule has 0 aliphatic rings. The van der Waals surface area contributed by atoms with Crippen LogP contribution in [0.3, 0.4) is 0 Å². The molecule has 1 unspecified atom stereocenters. The van der Waals surface area contributed by atoms with E-state index in [0.29, 0.717) is 6.10 Å². The van der Waals surface area contributed by atoms with Gasteiger partial charge in [0.2, 0.25) is 0 Å². The normalized spacial score (nSPS) is 13.4. The van der Waals surface area contributed by atoms with Crippen LogP contribution in [0, 0.1) is 5.92 Å². The van der Waals surface area contributed by atoms with E-state index >= 15 is 0 Å². The predicted molar refractivity (Wildman–Crippen MR) is 124 cm³/mol. The molecule has 0 bridgehead atoms. The summed E-state index contributed by atoms with van der Waals surface area (Å²) in [5, 5.41) is 0. The zero-order chi connectivity index (χ0) is 20.4. The maximum atomic E-state index is 6.71. The maximum absolute atomic E-state index is 6.71. The first-order valence-electron chi connectivity index (χ1n) is 12.4. The van der Waals surface area contributed by atoms with Crippen molar-refractivity contribution in [2.45, 2.75) is 143 Å². The van der Waals surface area contributed by atoms with Crippen LogP contribution in [0.25, 0.3) is 0 Å². The van der Waals surface area contributed by atoms with Gasteiger partial charge in [-0.1, -0.05) is 99.3 Å². The molecule has 27 heavy (non-hydrogen) atoms. The van der Waals surface area contributed by atoms with Crippen LogP contribution in [-0.2, 0) is 8.85 Å². The van der Waals surface area contributed by atoms with Crippen LogP contribution in [-0.4, -0.2) is 21.3 Å². The minimum absolute atomic E-state index is 0.399. The van der Waals surface area contributed by atoms with E-state index in [0.717, 1.165) is 31.0 Å². The second-order valence-electron chi connectivity index (χ2n) is 8.35. The molecule has 0 aromatic rings. The average Bonchev–Trinajstić information content (AvgIpc) is 2.71. The Balaban J connectivity index is 4.20. The van der Waals surface area contributed by atoms with Crippen molar-refractivity contribution in [2.75, 3.05) is 6.61 Å². The van der Waals surface area contributed by atoms with Crippen LogP contribution >= 0.6 is 0 Å². The Morgan fingerprint density at radius 3 is 1.67 bits per heavy atom. The number of unbranched alkanes of at least 4 members (excludes halogenated alkanes) is 7. The van der Waals surface area contributed by atoms with E-state index < -0.39 is 8.56 Å². The van der Waals surface area contributed by atoms with Crippen molar-refractivity contribution < 1.29 is 8.85 Å². The van der Waals surface area contributed by atoms with Gasteiger partial charge >= 0.3 is 8.56 Å². The van der Waals surface area contributed by atoms with Crippen molar-refractivity contribution in [1.29, 1.82) is 0 Å². The van der Waals surface area contributed by atoms with E-state index in [2.05, 4.69) is 41.5 Å². The van der Waals surface area contributed by atoms with Gasteiger partial charge in [0.15, 0.2) is 0 Å². The standard InChI is InChI=1S/C24H52O2Si/c1-7-13-14-15-16-17-18-19-22-25-27(11-5,12-6)26-24(10-4)21-20-23(8-2)9-3/h23-24H,7-22H2,1-6H3. The SMILES string of the molecule is CCCCCCCCCCO[Si](CC)(CC)OC(CC)CCC(CC)CC. The molecule has 0 aliphatic carbocycles. The molecule has 1 atom stereocenters. The Kier molecular flexibility index (Phi) is 18.3. The number of hydrogen-bond acceptors (Lipinski definition) is 2. The summed E-state index contributed by atoms with van der Waals surface area (Å²) in [7, 11) is -2.01. The van der Waals surface area contributed by atoms with Gasteiger partial charge in [-0.05, 0) is 43.7 Å². The minimum atomic E-state index is -2.01. The largest absolute Gasteiger partial charge is 0.394 e. The van der Waals surface area contributed by atoms with E-state index in [1.165, 1.54) is 77.0 Å². The molecule has 0 spiro atoms. The Morgan fingerprint density at radius 1 is 0.630 bits per heavy atom. The highest BCUT2D eigenvalue weighted by Gasteiger charge is 2.35. The van der Waals surface area contributed by atoms with Gasteiger partial charge in [-0.25, -0.2) is 0 Å². The Hall–Kier alpha value is 0.137. The lowest BCUT2D eigenvalue weighted by Crippen LogP contribution is -2.44. The van der Waals surface area contributed by atoms with E-state index in [1.807, 2.05) is 0 Å². The fourth-order valence-corrected chi connectivity index (χ4v) is 6.64. The van der Waals surface area contributed by atoms with Crippen LogP contribution in [0.15, 0.2) is 0 Å². The van der Waals surface area contributed by atoms with Gasteiger partial charge in [0.1, 0.15) is 0 Å². The quantitative estimate of drug-likeness (QED) is 0.150. The van der Waals surface area contributed by atoms with Crippen LogP contribution in [0.5, 0.6) is 0 Å². The summed E-state index contributed by atoms with van der Waals surface area (Å²) in [5.41, 5.74) is 0. The van der Waals surface area contributed by atoms with Gasteiger partial charge in [-0.3, -0.25) is 0 Å². The van der Waals surface area contributed by atoms with Crippen molar-refractivity contribution in [2.24, 2.45) is 5.92 Å². The van der Waals surface area contributed by atoms with Crippen molar-refractivity contribution in [3.05, 3.63) is 0 Å². The van der Waals surface area contributed by atoms with E-state index in [-0.39, 0.29) is 0 Å². The van der Waals surface area contributed by atoms with Crippen molar-refractivity contribution in [1.82, 2.24) is 0 Å². The predicted octanol–water partition coefficient (Wildman–Crippen LogP) is 8.64. The molecular formula is C24H52O2Si. The molecule has 0 amide bonds. The molecule has 164 valence electrons. The zero-order valence-corrected chi connectivity index (χ0v) is 20.8. The highest BCUT2D eigenvalue weighted by molar-refractivity contribution is 6.67. The van der Waals surface area contributed by atoms with Crippen LogP contribution in [0.4, 0.5) is 0 Å². The summed E-state index contributed by atoms with van der Waals surface area (Å²) in [4.78, 5) is 0. The number of rotatable bonds is 20. The average molecular weight is 401 g/mol. The topological polar surface area (TPSA) is 18.5 Å². The second-order valence-corrected chi connectivity index (χ2v) is 12.1. The van der Waals surface area contributed by atoms with Crippen molar-refractivity contribution >= 4 is 8.56 Å². The summed E-state index contributed by atoms with van der Waals surface area (Å²) in [6.07, 6.45) is 17.5. The molecule has 0 aliphatic heterocycles. The summed E-state index contributed by atoms with van der Waals surface area (Å²) >= 11 is 0. The lowest BCUT2D eigenvalue weighted by atomic mass is 9.95. The number of hydrogen-bond donors (Lipinski definition) is 0. The lowest BCUT2D eigenvalue weighted by Gasteiger charge is -2.33. The Morgan fingerprint density at radius 2 is 1.19 bits per heavy atom. The third-order valence-electron chi connectivity index (χ3n) is 6.33. The first-order chi connectivity index (χ1) is 13.1. The fraction of sp³-hybridized carbons (Fsp3) is 1.00. The third kappa shape index (κ3) is 13.1. The molecule has 0 rings (SSSR count). The smallest absolute Gasteiger partial charge is 0.337 e. The maximum Gasteiger partial charge on any atom is 0.337 e. The van der Waals surface area contributed by atoms with Gasteiger partial charge in [-0.2, -0.15) is 0 Å². The first-order valence-corrected chi connectivity index (χ1v) is 14.7. The van der Waals surface area contributed by atoms with Crippen LogP contribution in [0.1, 0.15) is 125 Å². The summed E-state index contributed by atoms with van der Waals surface area (Å²) in [5.74, 6) is 0.861. The third-order valence-corrected chi connectivity index (χ3v) is 9.98. The molecule has 0 aromatic carbocycles. The molecule has 0 N–H and O–H groups in total. The van der Waals surface area contributed by atoms with Gasteiger partial charge in [0.25, 0.3) is 0 Å². The van der Waals surface area contributed by atoms with Gasteiger partial charge < -0.3 is 8.85 Å². The lowest BCUT2D eigenvalue weighted by molar-refractivity contribution is 0.0971. The Bertz CT molecular complexity index is 301. The molecule has 3 heteroatoms. The van der Waals surface area contributed by atoms with Crippen molar-refractivity contribution in [3.63, 3.8) is 0 Å². The zero-order valence-electron chi connectivity index (χ0n) is 19.8. The van der Waals surface area contributed by atoms with Gasteiger partial charge in [0, 0.05) is 12.7 Å². The molecule has 2 nitrogen and oxygen atoms in total. The summed E-state index contributed by atoms with van der Waals surface area (Å²) < 4.78 is 13.2. The monoisotopic (exact) mass is 400 g/mol. The minimum Gasteiger partial charge on any atom is -0.394 e. The van der Waals surface area contributed by atoms with E-state index in [4.69, 9.17) is 8.85 Å². The fourth-order valence-electron chi connectivity index (χ4n) is 3.92. The van der Waals surface area contributed by atoms with Crippen LogP contribution < -0.4 is 0 Å². The highest BCUT2D eigenvalue weighted by Crippen LogP contribution is 2.26. The molecule has 0 fully saturated rings. The second kappa shape index (κ2) is 18.2. The highest BCUT2D eigenvalue weighted by atomic mass is 28.4. The summed E-state index contributed by atoms with van der Waals surface area (Å²) in [6, 6.07) is 2.17. The van der Waals surface area contributed by atoms with Gasteiger partial charge in [0.05, 0.1) is 0 Å².